The predicted octanol–water partition coefficient (Wildman–Crippen LogP) is 2.05. The van der Waals surface area contributed by atoms with E-state index in [1.807, 2.05) is 0 Å². The molecule has 0 unspecified atom stereocenters. The third-order valence-corrected chi connectivity index (χ3v) is 2.98. The highest BCUT2D eigenvalue weighted by Crippen LogP contribution is 2.58. The number of nitrogens with zero attached hydrogens (tertiary/aromatic N) is 2. The minimum atomic E-state index is -5.11. The zero-order chi connectivity index (χ0) is 14.6. The van der Waals surface area contributed by atoms with Crippen LogP contribution in [0.25, 0.3) is 0 Å². The maximum absolute atomic E-state index is 12.8. The molecule has 1 fully saturated rings. The van der Waals surface area contributed by atoms with Gasteiger partial charge in [-0.15, -0.1) is 13.2 Å². The van der Waals surface area contributed by atoms with E-state index in [0.717, 1.165) is 0 Å². The van der Waals surface area contributed by atoms with E-state index in [1.165, 1.54) is 0 Å². The summed E-state index contributed by atoms with van der Waals surface area (Å²) in [5, 5.41) is 2.87. The van der Waals surface area contributed by atoms with Crippen molar-refractivity contribution in [2.45, 2.75) is 30.7 Å². The van der Waals surface area contributed by atoms with Crippen molar-refractivity contribution < 1.29 is 31.1 Å². The number of nitrogens with two attached hydrogens (primary N) is 1. The Bertz CT molecular complexity index is 525. The highest BCUT2D eigenvalue weighted by molar-refractivity contribution is 5.91. The van der Waals surface area contributed by atoms with E-state index < -0.39 is 39.9 Å². The number of carbonyl (C=O) groups is 1. The number of carbonyl (C=O) groups excluding carboxylic acids is 1. The molecule has 19 heavy (non-hydrogen) atoms. The van der Waals surface area contributed by atoms with Crippen LogP contribution in [-0.4, -0.2) is 21.9 Å². The Labute approximate surface area is 102 Å². The second-order valence-electron chi connectivity index (χ2n) is 4.24. The molecule has 0 radical (unpaired) electrons. The first-order chi connectivity index (χ1) is 8.49. The Balaban J connectivity index is 2.54. The monoisotopic (exact) mass is 287 g/mol. The van der Waals surface area contributed by atoms with Gasteiger partial charge in [-0.05, 0) is 18.9 Å². The lowest BCUT2D eigenvalue weighted by molar-refractivity contribution is -0.214. The second kappa shape index (κ2) is 3.64. The Morgan fingerprint density at radius 1 is 1.26 bits per heavy atom. The fourth-order valence-electron chi connectivity index (χ4n) is 1.79. The van der Waals surface area contributed by atoms with Crippen molar-refractivity contribution in [2.24, 2.45) is 5.73 Å². The van der Waals surface area contributed by atoms with Crippen molar-refractivity contribution in [3.8, 4) is 0 Å². The van der Waals surface area contributed by atoms with Crippen molar-refractivity contribution >= 4 is 5.91 Å². The molecule has 10 heteroatoms. The van der Waals surface area contributed by atoms with Crippen LogP contribution in [0.1, 0.15) is 29.0 Å². The molecule has 2 N–H and O–H groups in total. The zero-order valence-corrected chi connectivity index (χ0v) is 9.14. The molecule has 1 saturated carbocycles. The Kier molecular flexibility index (Phi) is 2.62. The van der Waals surface area contributed by atoms with Crippen LogP contribution in [0.5, 0.6) is 0 Å². The molecule has 0 atom stereocenters. The van der Waals surface area contributed by atoms with Gasteiger partial charge in [0.15, 0.2) is 0 Å². The lowest BCUT2D eigenvalue weighted by Gasteiger charge is -2.16. The molecule has 2 rings (SSSR count). The van der Waals surface area contributed by atoms with Gasteiger partial charge < -0.3 is 5.73 Å². The van der Waals surface area contributed by atoms with Crippen molar-refractivity contribution in [2.75, 3.05) is 0 Å². The second-order valence-corrected chi connectivity index (χ2v) is 4.24. The fourth-order valence-corrected chi connectivity index (χ4v) is 1.79. The first-order valence-electron chi connectivity index (χ1n) is 5.03. The van der Waals surface area contributed by atoms with E-state index >= 15 is 0 Å². The van der Waals surface area contributed by atoms with Gasteiger partial charge in [-0.1, -0.05) is 0 Å². The van der Waals surface area contributed by atoms with Crippen molar-refractivity contribution in [1.29, 1.82) is 0 Å². The molecule has 1 heterocycles. The Hall–Kier alpha value is -1.74. The molecule has 0 bridgehead atoms. The molecule has 1 aliphatic rings. The lowest BCUT2D eigenvalue weighted by Crippen LogP contribution is -2.30. The van der Waals surface area contributed by atoms with Gasteiger partial charge in [0.05, 0.1) is 5.69 Å². The molecular formula is C9H7F6N3O. The number of amides is 1. The number of hydrogen-bond acceptors (Lipinski definition) is 2. The van der Waals surface area contributed by atoms with Gasteiger partial charge in [0, 0.05) is 0 Å². The van der Waals surface area contributed by atoms with Gasteiger partial charge in [-0.2, -0.15) is 23.0 Å². The lowest BCUT2D eigenvalue weighted by atomic mass is 10.0. The smallest absolute Gasteiger partial charge is 0.364 e. The van der Waals surface area contributed by atoms with E-state index in [1.54, 1.807) is 0 Å². The fraction of sp³-hybridized carbons (Fsp3) is 0.556. The molecule has 4 nitrogen and oxygen atoms in total. The summed E-state index contributed by atoms with van der Waals surface area (Å²) < 4.78 is 75.2. The third kappa shape index (κ3) is 2.04. The summed E-state index contributed by atoms with van der Waals surface area (Å²) >= 11 is 0. The molecule has 0 spiro atoms. The maximum atomic E-state index is 12.8. The summed E-state index contributed by atoms with van der Waals surface area (Å²) in [6.07, 6.45) is -10.5. The first kappa shape index (κ1) is 13.7. The topological polar surface area (TPSA) is 60.9 Å². The molecule has 0 aromatic carbocycles. The van der Waals surface area contributed by atoms with E-state index in [0.29, 0.717) is 6.07 Å². The van der Waals surface area contributed by atoms with Crippen LogP contribution >= 0.6 is 0 Å². The van der Waals surface area contributed by atoms with Crippen LogP contribution in [-0.2, 0) is 11.7 Å². The number of aromatic nitrogens is 2. The highest BCUT2D eigenvalue weighted by atomic mass is 19.4. The third-order valence-electron chi connectivity index (χ3n) is 2.98. The molecule has 1 aromatic heterocycles. The minimum absolute atomic E-state index is 0.358. The van der Waals surface area contributed by atoms with Crippen LogP contribution in [0.3, 0.4) is 0 Å². The number of rotatable bonds is 2. The van der Waals surface area contributed by atoms with Crippen LogP contribution in [0.4, 0.5) is 26.3 Å². The molecule has 1 aromatic rings. The van der Waals surface area contributed by atoms with Crippen LogP contribution < -0.4 is 5.73 Å². The number of hydrogen-bond donors (Lipinski definition) is 1. The molecule has 1 amide bonds. The van der Waals surface area contributed by atoms with Crippen molar-refractivity contribution in [3.63, 3.8) is 0 Å². The number of primary amides is 1. The van der Waals surface area contributed by atoms with Crippen LogP contribution in [0.15, 0.2) is 6.07 Å². The van der Waals surface area contributed by atoms with Crippen LogP contribution in [0, 0.1) is 0 Å². The highest BCUT2D eigenvalue weighted by Gasteiger charge is 2.66. The average Bonchev–Trinajstić information content (AvgIpc) is 2.89. The largest absolute Gasteiger partial charge is 0.505 e. The Morgan fingerprint density at radius 3 is 2.05 bits per heavy atom. The van der Waals surface area contributed by atoms with Crippen molar-refractivity contribution in [1.82, 2.24) is 9.78 Å². The summed E-state index contributed by atoms with van der Waals surface area (Å²) in [6, 6.07) is 0.455. The van der Waals surface area contributed by atoms with E-state index in [4.69, 9.17) is 5.73 Å². The number of alkyl halides is 6. The van der Waals surface area contributed by atoms with E-state index in [9.17, 15) is 31.1 Å². The quantitative estimate of drug-likeness (QED) is 0.846. The average molecular weight is 287 g/mol. The first-order valence-corrected chi connectivity index (χ1v) is 5.03. The molecule has 106 valence electrons. The standard InChI is InChI=1S/C9H7F6N3O/c10-8(11,12)7(1-2-7)5-3-4(6(16)19)18(17-5)9(13,14)15/h3H,1-2H2,(H2,16,19). The number of halogens is 6. The van der Waals surface area contributed by atoms with Gasteiger partial charge in [0.2, 0.25) is 0 Å². The van der Waals surface area contributed by atoms with Gasteiger partial charge in [0.25, 0.3) is 5.91 Å². The summed E-state index contributed by atoms with van der Waals surface area (Å²) in [7, 11) is 0. The van der Waals surface area contributed by atoms with Crippen LogP contribution in [0.2, 0.25) is 0 Å². The van der Waals surface area contributed by atoms with Gasteiger partial charge in [-0.25, -0.2) is 0 Å². The summed E-state index contributed by atoms with van der Waals surface area (Å²) in [5.74, 6) is -1.49. The molecule has 0 saturated heterocycles. The van der Waals surface area contributed by atoms with Crippen molar-refractivity contribution in [3.05, 3.63) is 17.5 Å². The summed E-state index contributed by atoms with van der Waals surface area (Å²) in [5.41, 5.74) is 0.381. The molecule has 1 aliphatic carbocycles. The Morgan fingerprint density at radius 2 is 1.79 bits per heavy atom. The summed E-state index contributed by atoms with van der Waals surface area (Å²) in [6.45, 7) is 0. The maximum Gasteiger partial charge on any atom is 0.505 e. The van der Waals surface area contributed by atoms with Gasteiger partial charge in [-0.3, -0.25) is 4.79 Å². The van der Waals surface area contributed by atoms with Gasteiger partial charge in [0.1, 0.15) is 11.1 Å². The van der Waals surface area contributed by atoms with E-state index in [2.05, 4.69) is 5.10 Å². The van der Waals surface area contributed by atoms with E-state index in [-0.39, 0.29) is 12.8 Å². The SMILES string of the molecule is NC(=O)c1cc(C2(C(F)(F)F)CC2)nn1C(F)(F)F. The summed E-state index contributed by atoms with van der Waals surface area (Å²) in [4.78, 5) is 10.9. The normalized spacial score (nSPS) is 18.4. The predicted molar refractivity (Wildman–Crippen MR) is 49.0 cm³/mol. The molecular weight excluding hydrogens is 280 g/mol. The van der Waals surface area contributed by atoms with Gasteiger partial charge >= 0.3 is 12.5 Å². The zero-order valence-electron chi connectivity index (χ0n) is 9.14. The minimum Gasteiger partial charge on any atom is -0.364 e. The molecule has 0 aliphatic heterocycles.